The lowest BCUT2D eigenvalue weighted by Crippen LogP contribution is -2.41. The third-order valence-corrected chi connectivity index (χ3v) is 4.51. The Morgan fingerprint density at radius 3 is 2.63 bits per heavy atom. The van der Waals surface area contributed by atoms with Gasteiger partial charge in [-0.2, -0.15) is 0 Å². The second-order valence-corrected chi connectivity index (χ2v) is 6.44. The van der Waals surface area contributed by atoms with Gasteiger partial charge in [0.05, 0.1) is 12.4 Å². The van der Waals surface area contributed by atoms with Crippen molar-refractivity contribution in [2.24, 2.45) is 0 Å². The highest BCUT2D eigenvalue weighted by molar-refractivity contribution is 5.89. The molecule has 2 amide bonds. The summed E-state index contributed by atoms with van der Waals surface area (Å²) in [7, 11) is 0. The van der Waals surface area contributed by atoms with Crippen LogP contribution in [0.1, 0.15) is 25.7 Å². The number of nitrogens with zero attached hydrogens (tertiary/aromatic N) is 2. The van der Waals surface area contributed by atoms with Gasteiger partial charge in [0.1, 0.15) is 6.10 Å². The molecule has 4 rings (SSSR count). The number of anilines is 1. The summed E-state index contributed by atoms with van der Waals surface area (Å²) in [6, 6.07) is 5.23. The zero-order chi connectivity index (χ0) is 18.6. The van der Waals surface area contributed by atoms with Crippen molar-refractivity contribution >= 4 is 11.7 Å². The summed E-state index contributed by atoms with van der Waals surface area (Å²) in [6.45, 7) is 0.194. The first-order valence-electron chi connectivity index (χ1n) is 8.77. The summed E-state index contributed by atoms with van der Waals surface area (Å²) in [5.74, 6) is 0.793. The fourth-order valence-corrected chi connectivity index (χ4v) is 3.16. The molecule has 0 unspecified atom stereocenters. The highest BCUT2D eigenvalue weighted by Gasteiger charge is 2.24. The lowest BCUT2D eigenvalue weighted by Gasteiger charge is -2.28. The van der Waals surface area contributed by atoms with Gasteiger partial charge in [0, 0.05) is 17.8 Å². The van der Waals surface area contributed by atoms with E-state index in [1.54, 1.807) is 18.2 Å². The lowest BCUT2D eigenvalue weighted by atomic mass is 9.93. The molecular weight excluding hydrogens is 355 g/mol. The molecule has 0 saturated heterocycles. The first kappa shape index (κ1) is 17.3. The van der Waals surface area contributed by atoms with E-state index in [0.717, 1.165) is 38.1 Å². The molecule has 9 heteroatoms. The van der Waals surface area contributed by atoms with Crippen LogP contribution in [0.15, 0.2) is 30.6 Å². The number of carbonyl (C=O) groups excluding carboxylic acids is 1. The largest absolute Gasteiger partial charge is 0.460 e. The van der Waals surface area contributed by atoms with E-state index in [0.29, 0.717) is 17.2 Å². The predicted molar refractivity (Wildman–Crippen MR) is 93.4 cm³/mol. The monoisotopic (exact) mass is 374 g/mol. The highest BCUT2D eigenvalue weighted by Crippen LogP contribution is 2.34. The first-order chi connectivity index (χ1) is 13.2. The number of ether oxygens (including phenoxy) is 3. The van der Waals surface area contributed by atoms with Crippen LogP contribution in [0.3, 0.4) is 0 Å². The quantitative estimate of drug-likeness (QED) is 0.855. The van der Waals surface area contributed by atoms with Crippen LogP contribution in [0.2, 0.25) is 0 Å². The fraction of sp³-hybridized carbons (Fsp3) is 0.389. The number of rotatable bonds is 4. The number of aromatic nitrogens is 2. The molecule has 2 N–H and O–H groups in total. The minimum atomic E-state index is -0.497. The molecule has 0 radical (unpaired) electrons. The summed E-state index contributed by atoms with van der Waals surface area (Å²) >= 11 is 0. The van der Waals surface area contributed by atoms with Crippen molar-refractivity contribution in [2.75, 3.05) is 12.1 Å². The SMILES string of the molecule is O=C(Nc1ccc2c(c1)OCO2)NC1CCC(Oc2ncc(F)cn2)CC1. The van der Waals surface area contributed by atoms with Crippen LogP contribution in [0.25, 0.3) is 0 Å². The number of fused-ring (bicyclic) bond motifs is 1. The van der Waals surface area contributed by atoms with E-state index in [-0.39, 0.29) is 31.0 Å². The Hall–Kier alpha value is -3.10. The van der Waals surface area contributed by atoms with Gasteiger partial charge in [0.25, 0.3) is 0 Å². The minimum absolute atomic E-state index is 0.0366. The molecule has 1 aliphatic heterocycles. The van der Waals surface area contributed by atoms with E-state index in [1.807, 2.05) is 0 Å². The van der Waals surface area contributed by atoms with E-state index in [4.69, 9.17) is 14.2 Å². The maximum absolute atomic E-state index is 12.8. The molecule has 1 aromatic carbocycles. The average Bonchev–Trinajstić information content (AvgIpc) is 3.13. The molecule has 1 saturated carbocycles. The van der Waals surface area contributed by atoms with Crippen molar-refractivity contribution < 1.29 is 23.4 Å². The Morgan fingerprint density at radius 1 is 1.11 bits per heavy atom. The normalized spacial score (nSPS) is 20.8. The van der Waals surface area contributed by atoms with Crippen LogP contribution in [0.4, 0.5) is 14.9 Å². The number of benzene rings is 1. The van der Waals surface area contributed by atoms with Gasteiger partial charge in [-0.05, 0) is 37.8 Å². The van der Waals surface area contributed by atoms with Crippen LogP contribution in [0.5, 0.6) is 17.5 Å². The molecule has 8 nitrogen and oxygen atoms in total. The highest BCUT2D eigenvalue weighted by atomic mass is 19.1. The third kappa shape index (κ3) is 4.36. The predicted octanol–water partition coefficient (Wildman–Crippen LogP) is 2.86. The zero-order valence-electron chi connectivity index (χ0n) is 14.5. The smallest absolute Gasteiger partial charge is 0.319 e. The molecule has 0 spiro atoms. The van der Waals surface area contributed by atoms with Crippen molar-refractivity contribution in [3.63, 3.8) is 0 Å². The van der Waals surface area contributed by atoms with Crippen LogP contribution in [0, 0.1) is 5.82 Å². The standard InChI is InChI=1S/C18H19FN4O4/c19-11-8-20-18(21-9-11)27-14-4-1-12(2-5-14)22-17(24)23-13-3-6-15-16(7-13)26-10-25-15/h3,6-9,12,14H,1-2,4-5,10H2,(H2,22,23,24). The topological polar surface area (TPSA) is 94.6 Å². The molecule has 1 fully saturated rings. The number of urea groups is 1. The number of nitrogens with one attached hydrogen (secondary N) is 2. The maximum Gasteiger partial charge on any atom is 0.319 e. The number of hydrogen-bond donors (Lipinski definition) is 2. The second kappa shape index (κ2) is 7.65. The molecule has 0 bridgehead atoms. The van der Waals surface area contributed by atoms with Crippen LogP contribution >= 0.6 is 0 Å². The molecule has 142 valence electrons. The van der Waals surface area contributed by atoms with Crippen molar-refractivity contribution in [2.45, 2.75) is 37.8 Å². The van der Waals surface area contributed by atoms with E-state index < -0.39 is 5.82 Å². The van der Waals surface area contributed by atoms with Crippen molar-refractivity contribution in [3.05, 3.63) is 36.4 Å². The van der Waals surface area contributed by atoms with E-state index in [9.17, 15) is 9.18 Å². The minimum Gasteiger partial charge on any atom is -0.460 e. The first-order valence-corrected chi connectivity index (χ1v) is 8.77. The number of halogens is 1. The molecule has 27 heavy (non-hydrogen) atoms. The molecular formula is C18H19FN4O4. The van der Waals surface area contributed by atoms with Crippen LogP contribution in [-0.4, -0.2) is 34.9 Å². The number of amides is 2. The van der Waals surface area contributed by atoms with Gasteiger partial charge < -0.3 is 24.8 Å². The zero-order valence-corrected chi connectivity index (χ0v) is 14.5. The van der Waals surface area contributed by atoms with Crippen molar-refractivity contribution in [1.29, 1.82) is 0 Å². The van der Waals surface area contributed by atoms with E-state index in [2.05, 4.69) is 20.6 Å². The molecule has 0 atom stereocenters. The summed E-state index contributed by atoms with van der Waals surface area (Å²) in [5.41, 5.74) is 0.641. The summed E-state index contributed by atoms with van der Waals surface area (Å²) in [6.07, 6.45) is 5.20. The van der Waals surface area contributed by atoms with Crippen molar-refractivity contribution in [3.8, 4) is 17.5 Å². The van der Waals surface area contributed by atoms with Crippen LogP contribution in [-0.2, 0) is 0 Å². The van der Waals surface area contributed by atoms with E-state index in [1.165, 1.54) is 0 Å². The average molecular weight is 374 g/mol. The van der Waals surface area contributed by atoms with Gasteiger partial charge in [0.2, 0.25) is 6.79 Å². The van der Waals surface area contributed by atoms with Gasteiger partial charge >= 0.3 is 12.0 Å². The van der Waals surface area contributed by atoms with Crippen molar-refractivity contribution in [1.82, 2.24) is 15.3 Å². The third-order valence-electron chi connectivity index (χ3n) is 4.51. The summed E-state index contributed by atoms with van der Waals surface area (Å²) in [5, 5.41) is 5.77. The Morgan fingerprint density at radius 2 is 1.85 bits per heavy atom. The van der Waals surface area contributed by atoms with Gasteiger partial charge in [-0.25, -0.2) is 19.2 Å². The van der Waals surface area contributed by atoms with Gasteiger partial charge in [0.15, 0.2) is 17.3 Å². The Kier molecular flexibility index (Phi) is 4.91. The van der Waals surface area contributed by atoms with Gasteiger partial charge in [-0.15, -0.1) is 0 Å². The summed E-state index contributed by atoms with van der Waals surface area (Å²) in [4.78, 5) is 19.8. The maximum atomic E-state index is 12.8. The molecule has 2 aromatic rings. The molecule has 2 aliphatic rings. The molecule has 1 aromatic heterocycles. The molecule has 1 aliphatic carbocycles. The fourth-order valence-electron chi connectivity index (χ4n) is 3.16. The lowest BCUT2D eigenvalue weighted by molar-refractivity contribution is 0.129. The number of hydrogen-bond acceptors (Lipinski definition) is 6. The van der Waals surface area contributed by atoms with Gasteiger partial charge in [-0.1, -0.05) is 0 Å². The van der Waals surface area contributed by atoms with Gasteiger partial charge in [-0.3, -0.25) is 0 Å². The van der Waals surface area contributed by atoms with E-state index >= 15 is 0 Å². The second-order valence-electron chi connectivity index (χ2n) is 6.44. The Labute approximate surface area is 155 Å². The number of carbonyl (C=O) groups is 1. The Balaban J connectivity index is 1.23. The van der Waals surface area contributed by atoms with Crippen LogP contribution < -0.4 is 24.8 Å². The summed E-state index contributed by atoms with van der Waals surface area (Å²) < 4.78 is 29.0. The Bertz CT molecular complexity index is 810. The molecule has 2 heterocycles.